The first-order chi connectivity index (χ1) is 5.63. The Labute approximate surface area is 70.7 Å². The van der Waals surface area contributed by atoms with E-state index in [4.69, 9.17) is 22.9 Å². The molecule has 0 radical (unpaired) electrons. The highest BCUT2D eigenvalue weighted by Crippen LogP contribution is 2.14. The maximum Gasteiger partial charge on any atom is 0.126 e. The van der Waals surface area contributed by atoms with Crippen LogP contribution in [0.3, 0.4) is 0 Å². The number of hydrogen-bond acceptors (Lipinski definition) is 5. The third-order valence-corrected chi connectivity index (χ3v) is 1.57. The normalized spacial score (nSPS) is 12.8. The molecular weight excluding hydrogens is 154 g/mol. The van der Waals surface area contributed by atoms with Gasteiger partial charge in [0.1, 0.15) is 11.6 Å². The fraction of sp³-hybridized carbons (Fsp3) is 0.286. The third-order valence-electron chi connectivity index (χ3n) is 1.57. The van der Waals surface area contributed by atoms with Gasteiger partial charge in [-0.3, -0.25) is 0 Å². The Hall–Kier alpha value is -1.33. The highest BCUT2D eigenvalue weighted by atomic mass is 14.9. The molecule has 0 amide bonds. The first-order valence-corrected chi connectivity index (χ1v) is 3.62. The second-order valence-electron chi connectivity index (χ2n) is 2.59. The first kappa shape index (κ1) is 8.76. The van der Waals surface area contributed by atoms with Gasteiger partial charge in [0.05, 0.1) is 0 Å². The summed E-state index contributed by atoms with van der Waals surface area (Å²) in [5.41, 5.74) is 22.8. The summed E-state index contributed by atoms with van der Waals surface area (Å²) in [5, 5.41) is 0. The summed E-state index contributed by atoms with van der Waals surface area (Å²) in [6.07, 6.45) is 0. The standard InChI is InChI=1S/C7H13N5/c8-3-5(9)4-1-6(10)12-7(11)2-4/h1-2,5H,3,8-9H2,(H4,10,11,12)/t5-/m1/s1. The molecule has 0 fully saturated rings. The van der Waals surface area contributed by atoms with Crippen molar-refractivity contribution in [3.63, 3.8) is 0 Å². The Balaban J connectivity index is 3.00. The van der Waals surface area contributed by atoms with Crippen LogP contribution in [0.15, 0.2) is 12.1 Å². The van der Waals surface area contributed by atoms with Crippen LogP contribution in [-0.4, -0.2) is 11.5 Å². The summed E-state index contributed by atoms with van der Waals surface area (Å²) in [6.45, 7) is 0.364. The van der Waals surface area contributed by atoms with E-state index < -0.39 is 0 Å². The lowest BCUT2D eigenvalue weighted by molar-refractivity contribution is 0.736. The topological polar surface area (TPSA) is 117 Å². The Bertz CT molecular complexity index is 252. The van der Waals surface area contributed by atoms with Crippen molar-refractivity contribution in [2.45, 2.75) is 6.04 Å². The molecule has 0 saturated carbocycles. The van der Waals surface area contributed by atoms with Crippen LogP contribution in [0, 0.1) is 0 Å². The third kappa shape index (κ3) is 1.84. The zero-order valence-electron chi connectivity index (χ0n) is 6.70. The van der Waals surface area contributed by atoms with Gasteiger partial charge in [0, 0.05) is 12.6 Å². The van der Waals surface area contributed by atoms with E-state index in [0.717, 1.165) is 5.56 Å². The van der Waals surface area contributed by atoms with Crippen LogP contribution in [0.1, 0.15) is 11.6 Å². The Morgan fingerprint density at radius 1 is 1.25 bits per heavy atom. The average Bonchev–Trinajstić information content (AvgIpc) is 2.01. The number of aromatic nitrogens is 1. The summed E-state index contributed by atoms with van der Waals surface area (Å²) in [6, 6.07) is 3.12. The van der Waals surface area contributed by atoms with E-state index in [0.29, 0.717) is 18.2 Å². The summed E-state index contributed by atoms with van der Waals surface area (Å²) >= 11 is 0. The number of pyridine rings is 1. The van der Waals surface area contributed by atoms with Gasteiger partial charge in [0.15, 0.2) is 0 Å². The van der Waals surface area contributed by atoms with Crippen LogP contribution in [0.25, 0.3) is 0 Å². The van der Waals surface area contributed by atoms with Crippen molar-refractivity contribution < 1.29 is 0 Å². The van der Waals surface area contributed by atoms with E-state index in [9.17, 15) is 0 Å². The maximum absolute atomic E-state index is 5.67. The van der Waals surface area contributed by atoms with Gasteiger partial charge in [0.25, 0.3) is 0 Å². The van der Waals surface area contributed by atoms with Crippen molar-refractivity contribution in [2.75, 3.05) is 18.0 Å². The molecule has 1 rings (SSSR count). The first-order valence-electron chi connectivity index (χ1n) is 3.62. The quantitative estimate of drug-likeness (QED) is 0.460. The minimum absolute atomic E-state index is 0.224. The summed E-state index contributed by atoms with van der Waals surface area (Å²) in [7, 11) is 0. The van der Waals surface area contributed by atoms with Crippen LogP contribution in [0.5, 0.6) is 0 Å². The Morgan fingerprint density at radius 3 is 2.17 bits per heavy atom. The van der Waals surface area contributed by atoms with Gasteiger partial charge in [-0.15, -0.1) is 0 Å². The van der Waals surface area contributed by atoms with Crippen molar-refractivity contribution in [1.29, 1.82) is 0 Å². The van der Waals surface area contributed by atoms with Crippen LogP contribution >= 0.6 is 0 Å². The predicted molar refractivity (Wildman–Crippen MR) is 49.0 cm³/mol. The van der Waals surface area contributed by atoms with E-state index in [-0.39, 0.29) is 6.04 Å². The fourth-order valence-electron chi connectivity index (χ4n) is 0.947. The molecule has 0 spiro atoms. The van der Waals surface area contributed by atoms with Crippen molar-refractivity contribution in [1.82, 2.24) is 4.98 Å². The van der Waals surface area contributed by atoms with Crippen LogP contribution in [0.4, 0.5) is 11.6 Å². The average molecular weight is 167 g/mol. The SMILES string of the molecule is NC[C@@H](N)c1cc(N)nc(N)c1. The molecule has 1 aromatic rings. The molecular formula is C7H13N5. The van der Waals surface area contributed by atoms with Gasteiger partial charge in [-0.1, -0.05) is 0 Å². The molecule has 5 nitrogen and oxygen atoms in total. The molecule has 1 heterocycles. The minimum Gasteiger partial charge on any atom is -0.384 e. The predicted octanol–water partition coefficient (Wildman–Crippen LogP) is -0.795. The molecule has 0 aromatic carbocycles. The molecule has 1 atom stereocenters. The molecule has 1 aromatic heterocycles. The van der Waals surface area contributed by atoms with E-state index in [2.05, 4.69) is 4.98 Å². The number of nitrogens with two attached hydrogens (primary N) is 4. The monoisotopic (exact) mass is 167 g/mol. The van der Waals surface area contributed by atoms with Gasteiger partial charge >= 0.3 is 0 Å². The van der Waals surface area contributed by atoms with Gasteiger partial charge < -0.3 is 22.9 Å². The number of rotatable bonds is 2. The Kier molecular flexibility index (Phi) is 2.47. The smallest absolute Gasteiger partial charge is 0.126 e. The lowest BCUT2D eigenvalue weighted by atomic mass is 10.1. The number of hydrogen-bond donors (Lipinski definition) is 4. The fourth-order valence-corrected chi connectivity index (χ4v) is 0.947. The molecule has 0 saturated heterocycles. The molecule has 5 heteroatoms. The van der Waals surface area contributed by atoms with Crippen molar-refractivity contribution in [3.05, 3.63) is 17.7 Å². The molecule has 0 aliphatic heterocycles. The number of nitrogen functional groups attached to an aromatic ring is 2. The molecule has 0 bridgehead atoms. The van der Waals surface area contributed by atoms with Crippen LogP contribution in [-0.2, 0) is 0 Å². The minimum atomic E-state index is -0.224. The maximum atomic E-state index is 5.67. The second-order valence-corrected chi connectivity index (χ2v) is 2.59. The molecule has 12 heavy (non-hydrogen) atoms. The summed E-state index contributed by atoms with van der Waals surface area (Å²) in [4.78, 5) is 3.81. The van der Waals surface area contributed by atoms with Crippen molar-refractivity contribution in [2.24, 2.45) is 11.5 Å². The summed E-state index contributed by atoms with van der Waals surface area (Å²) in [5.74, 6) is 0.739. The van der Waals surface area contributed by atoms with E-state index in [1.165, 1.54) is 0 Å². The molecule has 8 N–H and O–H groups in total. The Morgan fingerprint density at radius 2 is 1.75 bits per heavy atom. The van der Waals surface area contributed by atoms with Crippen LogP contribution < -0.4 is 22.9 Å². The highest BCUT2D eigenvalue weighted by Gasteiger charge is 2.05. The van der Waals surface area contributed by atoms with Crippen molar-refractivity contribution >= 4 is 11.6 Å². The van der Waals surface area contributed by atoms with Gasteiger partial charge in [-0.25, -0.2) is 4.98 Å². The molecule has 66 valence electrons. The number of anilines is 2. The van der Waals surface area contributed by atoms with E-state index in [1.807, 2.05) is 0 Å². The highest BCUT2D eigenvalue weighted by molar-refractivity contribution is 5.44. The number of nitrogens with zero attached hydrogens (tertiary/aromatic N) is 1. The van der Waals surface area contributed by atoms with Gasteiger partial charge in [-0.05, 0) is 17.7 Å². The zero-order valence-corrected chi connectivity index (χ0v) is 6.70. The lowest BCUT2D eigenvalue weighted by Crippen LogP contribution is -2.21. The van der Waals surface area contributed by atoms with Gasteiger partial charge in [-0.2, -0.15) is 0 Å². The molecule has 0 unspecified atom stereocenters. The summed E-state index contributed by atoms with van der Waals surface area (Å²) < 4.78 is 0. The second kappa shape index (κ2) is 3.38. The largest absolute Gasteiger partial charge is 0.384 e. The van der Waals surface area contributed by atoms with Gasteiger partial charge in [0.2, 0.25) is 0 Å². The molecule has 0 aliphatic rings. The van der Waals surface area contributed by atoms with E-state index >= 15 is 0 Å². The molecule has 0 aliphatic carbocycles. The zero-order chi connectivity index (χ0) is 9.14. The van der Waals surface area contributed by atoms with E-state index in [1.54, 1.807) is 12.1 Å². The lowest BCUT2D eigenvalue weighted by Gasteiger charge is -2.09. The van der Waals surface area contributed by atoms with Crippen LogP contribution in [0.2, 0.25) is 0 Å². The van der Waals surface area contributed by atoms with Crippen molar-refractivity contribution in [3.8, 4) is 0 Å².